The molecule has 27 heavy (non-hydrogen) atoms. The van der Waals surface area contributed by atoms with E-state index in [9.17, 15) is 5.11 Å². The van der Waals surface area contributed by atoms with E-state index in [0.29, 0.717) is 5.95 Å². The fourth-order valence-corrected chi connectivity index (χ4v) is 3.40. The zero-order valence-corrected chi connectivity index (χ0v) is 15.6. The maximum Gasteiger partial charge on any atom is 0.233 e. The molecule has 3 N–H and O–H groups in total. The molecule has 0 aliphatic carbocycles. The van der Waals surface area contributed by atoms with Crippen molar-refractivity contribution in [3.8, 4) is 0 Å². The normalized spacial score (nSPS) is 12.1. The van der Waals surface area contributed by atoms with Crippen LogP contribution in [0.2, 0.25) is 5.28 Å². The molecule has 0 saturated carbocycles. The second-order valence-electron chi connectivity index (χ2n) is 5.72. The molecule has 0 bridgehead atoms. The Kier molecular flexibility index (Phi) is 5.10. The molecule has 136 valence electrons. The van der Waals surface area contributed by atoms with E-state index in [0.717, 1.165) is 21.5 Å². The largest absolute Gasteiger partial charge is 0.387 e. The lowest BCUT2D eigenvalue weighted by atomic mass is 10.1. The zero-order valence-electron chi connectivity index (χ0n) is 14.0. The molecule has 2 aromatic heterocycles. The number of anilines is 3. The molecular formula is C18H15ClN6OS. The average molecular weight is 399 g/mol. The van der Waals surface area contributed by atoms with Crippen LogP contribution in [0.25, 0.3) is 10.2 Å². The van der Waals surface area contributed by atoms with Crippen molar-refractivity contribution < 1.29 is 5.11 Å². The summed E-state index contributed by atoms with van der Waals surface area (Å²) in [6, 6.07) is 15.2. The summed E-state index contributed by atoms with van der Waals surface area (Å²) in [5.41, 5.74) is 4.37. The number of nitrogens with zero attached hydrogens (tertiary/aromatic N) is 4. The van der Waals surface area contributed by atoms with Gasteiger partial charge >= 0.3 is 0 Å². The van der Waals surface area contributed by atoms with Crippen molar-refractivity contribution in [3.05, 3.63) is 64.9 Å². The van der Waals surface area contributed by atoms with Crippen LogP contribution in [0.15, 0.2) is 54.0 Å². The highest BCUT2D eigenvalue weighted by Gasteiger charge is 2.10. The van der Waals surface area contributed by atoms with Crippen LogP contribution in [0, 0.1) is 0 Å². The Morgan fingerprint density at radius 3 is 2.70 bits per heavy atom. The lowest BCUT2D eigenvalue weighted by molar-refractivity contribution is 0.191. The maximum absolute atomic E-state index is 10.2. The topological polar surface area (TPSA) is 95.8 Å². The van der Waals surface area contributed by atoms with Gasteiger partial charge in [0.1, 0.15) is 0 Å². The van der Waals surface area contributed by atoms with Crippen LogP contribution in [0.5, 0.6) is 0 Å². The molecule has 1 unspecified atom stereocenters. The van der Waals surface area contributed by atoms with Crippen molar-refractivity contribution in [1.29, 1.82) is 0 Å². The van der Waals surface area contributed by atoms with Crippen LogP contribution in [-0.2, 0) is 0 Å². The summed E-state index contributed by atoms with van der Waals surface area (Å²) in [4.78, 5) is 16.7. The Morgan fingerprint density at radius 2 is 1.85 bits per heavy atom. The molecule has 0 amide bonds. The molecular weight excluding hydrogens is 384 g/mol. The number of benzene rings is 2. The van der Waals surface area contributed by atoms with Crippen molar-refractivity contribution in [2.45, 2.75) is 6.10 Å². The fourth-order valence-electron chi connectivity index (χ4n) is 2.53. The van der Waals surface area contributed by atoms with Gasteiger partial charge in [0.25, 0.3) is 0 Å². The quantitative estimate of drug-likeness (QED) is 0.451. The number of nitrogens with one attached hydrogen (secondary N) is 2. The number of halogens is 1. The molecule has 1 atom stereocenters. The molecule has 2 aromatic carbocycles. The van der Waals surface area contributed by atoms with Gasteiger partial charge in [-0.25, -0.2) is 4.98 Å². The summed E-state index contributed by atoms with van der Waals surface area (Å²) in [5.74, 6) is 0.599. The van der Waals surface area contributed by atoms with E-state index in [-0.39, 0.29) is 17.8 Å². The molecule has 4 aromatic rings. The van der Waals surface area contributed by atoms with Gasteiger partial charge in [-0.1, -0.05) is 30.3 Å². The maximum atomic E-state index is 10.2. The first-order valence-electron chi connectivity index (χ1n) is 8.16. The van der Waals surface area contributed by atoms with E-state index in [2.05, 4.69) is 30.6 Å². The summed E-state index contributed by atoms with van der Waals surface area (Å²) in [6.45, 7) is 0.247. The highest BCUT2D eigenvalue weighted by atomic mass is 35.5. The van der Waals surface area contributed by atoms with Crippen molar-refractivity contribution in [2.75, 3.05) is 17.2 Å². The summed E-state index contributed by atoms with van der Waals surface area (Å²) in [7, 11) is 0. The minimum Gasteiger partial charge on any atom is -0.387 e. The van der Waals surface area contributed by atoms with Crippen LogP contribution >= 0.6 is 22.9 Å². The molecule has 7 nitrogen and oxygen atoms in total. The lowest BCUT2D eigenvalue weighted by Crippen LogP contribution is -2.15. The van der Waals surface area contributed by atoms with Crippen LogP contribution in [0.3, 0.4) is 0 Å². The zero-order chi connectivity index (χ0) is 18.6. The number of fused-ring (bicyclic) bond motifs is 1. The summed E-state index contributed by atoms with van der Waals surface area (Å²) >= 11 is 7.57. The number of aliphatic hydroxyl groups excluding tert-OH is 1. The monoisotopic (exact) mass is 398 g/mol. The molecule has 0 aliphatic heterocycles. The van der Waals surface area contributed by atoms with Crippen molar-refractivity contribution in [3.63, 3.8) is 0 Å². The fraction of sp³-hybridized carbons (Fsp3) is 0.111. The van der Waals surface area contributed by atoms with Gasteiger partial charge < -0.3 is 15.7 Å². The van der Waals surface area contributed by atoms with E-state index < -0.39 is 6.10 Å². The molecule has 4 rings (SSSR count). The van der Waals surface area contributed by atoms with E-state index in [1.165, 1.54) is 0 Å². The van der Waals surface area contributed by atoms with Crippen LogP contribution in [0.4, 0.5) is 17.6 Å². The first-order chi connectivity index (χ1) is 13.2. The lowest BCUT2D eigenvalue weighted by Gasteiger charge is -2.13. The number of hydrogen-bond acceptors (Lipinski definition) is 8. The number of thiazole rings is 1. The number of hydrogen-bond donors (Lipinski definition) is 3. The van der Waals surface area contributed by atoms with Gasteiger partial charge in [-0.3, -0.25) is 0 Å². The third-order valence-electron chi connectivity index (χ3n) is 3.83. The van der Waals surface area contributed by atoms with Crippen molar-refractivity contribution in [2.24, 2.45) is 0 Å². The smallest absolute Gasteiger partial charge is 0.233 e. The Bertz CT molecular complexity index is 1060. The Morgan fingerprint density at radius 1 is 1.04 bits per heavy atom. The second-order valence-corrected chi connectivity index (χ2v) is 6.94. The highest BCUT2D eigenvalue weighted by Crippen LogP contribution is 2.24. The third kappa shape index (κ3) is 4.30. The van der Waals surface area contributed by atoms with Crippen LogP contribution in [0.1, 0.15) is 11.7 Å². The number of aromatic nitrogens is 4. The second kappa shape index (κ2) is 7.83. The minimum atomic E-state index is -0.688. The predicted octanol–water partition coefficient (Wildman–Crippen LogP) is 4.02. The van der Waals surface area contributed by atoms with E-state index in [1.54, 1.807) is 16.8 Å². The highest BCUT2D eigenvalue weighted by molar-refractivity contribution is 7.16. The molecule has 9 heteroatoms. The molecule has 0 radical (unpaired) electrons. The van der Waals surface area contributed by atoms with Crippen LogP contribution < -0.4 is 10.6 Å². The van der Waals surface area contributed by atoms with Crippen molar-refractivity contribution >= 4 is 50.7 Å². The van der Waals surface area contributed by atoms with Crippen molar-refractivity contribution in [1.82, 2.24) is 19.9 Å². The van der Waals surface area contributed by atoms with E-state index in [1.807, 2.05) is 48.5 Å². The number of aliphatic hydroxyl groups is 1. The van der Waals surface area contributed by atoms with Gasteiger partial charge in [-0.15, -0.1) is 11.3 Å². The Balaban J connectivity index is 1.47. The minimum absolute atomic E-state index is 0.0584. The molecule has 0 saturated heterocycles. The standard InChI is InChI=1S/C18H15ClN6OS/c19-16-23-17(20-9-14(26)11-4-2-1-3-5-11)25-18(24-16)22-12-6-7-13-15(8-12)27-10-21-13/h1-8,10,14,26H,9H2,(H2,20,22,23,24,25). The molecule has 0 spiro atoms. The van der Waals surface area contributed by atoms with Gasteiger partial charge in [0.05, 0.1) is 21.8 Å². The van der Waals surface area contributed by atoms with Gasteiger partial charge in [0, 0.05) is 12.2 Å². The predicted molar refractivity (Wildman–Crippen MR) is 108 cm³/mol. The van der Waals surface area contributed by atoms with Crippen LogP contribution in [-0.4, -0.2) is 31.6 Å². The van der Waals surface area contributed by atoms with Gasteiger partial charge in [0.2, 0.25) is 17.2 Å². The molecule has 2 heterocycles. The van der Waals surface area contributed by atoms with Gasteiger partial charge in [-0.05, 0) is 35.4 Å². The summed E-state index contributed by atoms with van der Waals surface area (Å²) < 4.78 is 1.06. The molecule has 0 fully saturated rings. The van der Waals surface area contributed by atoms with Gasteiger partial charge in [-0.2, -0.15) is 15.0 Å². The third-order valence-corrected chi connectivity index (χ3v) is 4.79. The number of rotatable bonds is 6. The Hall–Kier alpha value is -2.81. The van der Waals surface area contributed by atoms with E-state index >= 15 is 0 Å². The Labute approximate surface area is 164 Å². The van der Waals surface area contributed by atoms with E-state index in [4.69, 9.17) is 11.6 Å². The van der Waals surface area contributed by atoms with Gasteiger partial charge in [0.15, 0.2) is 0 Å². The first kappa shape index (κ1) is 17.6. The SMILES string of the molecule is OC(CNc1nc(Cl)nc(Nc2ccc3ncsc3c2)n1)c1ccccc1. The average Bonchev–Trinajstić information content (AvgIpc) is 3.14. The molecule has 0 aliphatic rings. The summed E-state index contributed by atoms with van der Waals surface area (Å²) in [6.07, 6.45) is -0.688. The first-order valence-corrected chi connectivity index (χ1v) is 9.42. The summed E-state index contributed by atoms with van der Waals surface area (Å²) in [5, 5.41) is 16.4.